The van der Waals surface area contributed by atoms with Gasteiger partial charge in [-0.3, -0.25) is 4.57 Å². The topological polar surface area (TPSA) is 92.3 Å². The zero-order chi connectivity index (χ0) is 17.6. The fourth-order valence-electron chi connectivity index (χ4n) is 2.71. The lowest BCUT2D eigenvalue weighted by molar-refractivity contribution is 0.868. The molecule has 0 unspecified atom stereocenters. The molecular weight excluding hydrogens is 314 g/mol. The Hall–Kier alpha value is -3.27. The average molecular weight is 333 g/mol. The summed E-state index contributed by atoms with van der Waals surface area (Å²) in [5.41, 5.74) is 3.47. The number of anilines is 1. The number of nitrogens with one attached hydrogen (secondary N) is 1. The molecule has 0 saturated heterocycles. The van der Waals surface area contributed by atoms with E-state index in [1.54, 1.807) is 18.7 Å². The normalized spacial score (nSPS) is 10.4. The van der Waals surface area contributed by atoms with Crippen LogP contribution >= 0.6 is 0 Å². The molecule has 0 radical (unpaired) electrons. The number of aryl methyl sites for hydroxylation is 1. The maximum absolute atomic E-state index is 9.54. The molecule has 0 atom stereocenters. The van der Waals surface area contributed by atoms with Gasteiger partial charge in [-0.25, -0.2) is 9.97 Å². The molecule has 0 aliphatic rings. The van der Waals surface area contributed by atoms with E-state index in [1.165, 1.54) is 0 Å². The van der Waals surface area contributed by atoms with Gasteiger partial charge >= 0.3 is 0 Å². The number of aromatic nitrogens is 5. The van der Waals surface area contributed by atoms with Crippen LogP contribution in [0.2, 0.25) is 0 Å². The van der Waals surface area contributed by atoms with Crippen LogP contribution < -0.4 is 5.32 Å². The van der Waals surface area contributed by atoms with E-state index in [-0.39, 0.29) is 0 Å². The molecule has 1 N–H and O–H groups in total. The van der Waals surface area contributed by atoms with Crippen molar-refractivity contribution in [3.05, 3.63) is 59.4 Å². The molecule has 126 valence electrons. The zero-order valence-electron chi connectivity index (χ0n) is 14.3. The molecule has 7 nitrogen and oxygen atoms in total. The van der Waals surface area contributed by atoms with Crippen molar-refractivity contribution in [1.29, 1.82) is 5.26 Å². The summed E-state index contributed by atoms with van der Waals surface area (Å²) in [6.07, 6.45) is 8.54. The van der Waals surface area contributed by atoms with Gasteiger partial charge in [-0.15, -0.1) is 5.10 Å². The van der Waals surface area contributed by atoms with Crippen LogP contribution in [0.25, 0.3) is 5.82 Å². The second-order valence-electron chi connectivity index (χ2n) is 5.51. The molecule has 7 heteroatoms. The van der Waals surface area contributed by atoms with Crippen molar-refractivity contribution in [3.8, 4) is 11.9 Å². The van der Waals surface area contributed by atoms with Gasteiger partial charge < -0.3 is 5.32 Å². The highest BCUT2D eigenvalue weighted by Gasteiger charge is 2.14. The Morgan fingerprint density at radius 2 is 2.08 bits per heavy atom. The van der Waals surface area contributed by atoms with Crippen molar-refractivity contribution < 1.29 is 0 Å². The second-order valence-corrected chi connectivity index (χ2v) is 5.51. The third-order valence-electron chi connectivity index (χ3n) is 4.00. The number of hydrogen-bond donors (Lipinski definition) is 1. The molecule has 3 rings (SSSR count). The molecule has 0 saturated carbocycles. The van der Waals surface area contributed by atoms with E-state index in [1.807, 2.05) is 36.7 Å². The van der Waals surface area contributed by atoms with Gasteiger partial charge in [0.25, 0.3) is 0 Å². The van der Waals surface area contributed by atoms with E-state index in [0.717, 1.165) is 35.5 Å². The lowest BCUT2D eigenvalue weighted by atomic mass is 10.0. The number of hydrogen-bond acceptors (Lipinski definition) is 6. The molecule has 0 aliphatic carbocycles. The Balaban J connectivity index is 1.83. The molecular formula is C18H19N7. The van der Waals surface area contributed by atoms with Crippen LogP contribution in [0.3, 0.4) is 0 Å². The number of pyridine rings is 1. The standard InChI is InChI=1S/C18H19N7/c1-3-14-15(10-19)18(24-23-16(14)4-2)22-11-13-5-6-21-17(9-13)25-8-7-20-12-25/h5-9,12H,3-4,11H2,1-2H3,(H,22,24). The van der Waals surface area contributed by atoms with Crippen LogP contribution in [0, 0.1) is 11.3 Å². The van der Waals surface area contributed by atoms with Gasteiger partial charge in [0.05, 0.1) is 5.69 Å². The predicted molar refractivity (Wildman–Crippen MR) is 94.2 cm³/mol. The molecule has 0 fully saturated rings. The zero-order valence-corrected chi connectivity index (χ0v) is 14.3. The van der Waals surface area contributed by atoms with Gasteiger partial charge in [0.1, 0.15) is 23.8 Å². The maximum atomic E-state index is 9.54. The van der Waals surface area contributed by atoms with Gasteiger partial charge in [-0.1, -0.05) is 13.8 Å². The van der Waals surface area contributed by atoms with Gasteiger partial charge in [0.15, 0.2) is 5.82 Å². The summed E-state index contributed by atoms with van der Waals surface area (Å²) >= 11 is 0. The molecule has 3 heterocycles. The van der Waals surface area contributed by atoms with Crippen molar-refractivity contribution in [2.75, 3.05) is 5.32 Å². The maximum Gasteiger partial charge on any atom is 0.167 e. The fourth-order valence-corrected chi connectivity index (χ4v) is 2.71. The van der Waals surface area contributed by atoms with Gasteiger partial charge in [-0.2, -0.15) is 10.4 Å². The van der Waals surface area contributed by atoms with E-state index < -0.39 is 0 Å². The molecule has 0 amide bonds. The number of nitriles is 1. The Kier molecular flexibility index (Phi) is 5.00. The van der Waals surface area contributed by atoms with Crippen LogP contribution in [0.4, 0.5) is 5.82 Å². The van der Waals surface area contributed by atoms with E-state index in [2.05, 4.69) is 31.6 Å². The third kappa shape index (κ3) is 3.48. The van der Waals surface area contributed by atoms with Crippen LogP contribution in [0.15, 0.2) is 37.1 Å². The fraction of sp³-hybridized carbons (Fsp3) is 0.278. The Morgan fingerprint density at radius 3 is 2.76 bits per heavy atom. The molecule has 0 aromatic carbocycles. The van der Waals surface area contributed by atoms with Gasteiger partial charge in [-0.05, 0) is 36.1 Å². The summed E-state index contributed by atoms with van der Waals surface area (Å²) in [4.78, 5) is 8.37. The SMILES string of the molecule is CCc1nnc(NCc2ccnc(-n3ccnc3)c2)c(C#N)c1CC. The molecule has 0 bridgehead atoms. The van der Waals surface area contributed by atoms with Crippen LogP contribution in [0.1, 0.15) is 36.2 Å². The largest absolute Gasteiger partial charge is 0.363 e. The van der Waals surface area contributed by atoms with Crippen LogP contribution in [0.5, 0.6) is 0 Å². The van der Waals surface area contributed by atoms with Crippen molar-refractivity contribution in [2.24, 2.45) is 0 Å². The first-order valence-corrected chi connectivity index (χ1v) is 8.22. The summed E-state index contributed by atoms with van der Waals surface area (Å²) in [5.74, 6) is 1.32. The molecule has 25 heavy (non-hydrogen) atoms. The van der Waals surface area contributed by atoms with Crippen LogP contribution in [-0.4, -0.2) is 24.7 Å². The first-order valence-electron chi connectivity index (χ1n) is 8.22. The second kappa shape index (κ2) is 7.53. The Bertz CT molecular complexity index is 894. The van der Waals surface area contributed by atoms with Gasteiger partial charge in [0.2, 0.25) is 0 Å². The van der Waals surface area contributed by atoms with Crippen LogP contribution in [-0.2, 0) is 19.4 Å². The minimum Gasteiger partial charge on any atom is -0.363 e. The van der Waals surface area contributed by atoms with Crippen molar-refractivity contribution >= 4 is 5.82 Å². The first kappa shape index (κ1) is 16.6. The Labute approximate surface area is 146 Å². The summed E-state index contributed by atoms with van der Waals surface area (Å²) < 4.78 is 1.84. The molecule has 0 spiro atoms. The van der Waals surface area contributed by atoms with Crippen molar-refractivity contribution in [3.63, 3.8) is 0 Å². The predicted octanol–water partition coefficient (Wildman–Crippen LogP) is 2.67. The smallest absolute Gasteiger partial charge is 0.167 e. The number of imidazole rings is 1. The van der Waals surface area contributed by atoms with Crippen molar-refractivity contribution in [1.82, 2.24) is 24.7 Å². The molecule has 3 aromatic rings. The lowest BCUT2D eigenvalue weighted by Gasteiger charge is -2.12. The highest BCUT2D eigenvalue weighted by molar-refractivity contribution is 5.56. The quantitative estimate of drug-likeness (QED) is 0.745. The van der Waals surface area contributed by atoms with Crippen molar-refractivity contribution in [2.45, 2.75) is 33.2 Å². The number of rotatable bonds is 6. The van der Waals surface area contributed by atoms with E-state index in [9.17, 15) is 5.26 Å². The minimum atomic E-state index is 0.526. The monoisotopic (exact) mass is 333 g/mol. The third-order valence-corrected chi connectivity index (χ3v) is 4.00. The number of nitrogens with zero attached hydrogens (tertiary/aromatic N) is 6. The highest BCUT2D eigenvalue weighted by atomic mass is 15.2. The van der Waals surface area contributed by atoms with Gasteiger partial charge in [0, 0.05) is 25.1 Å². The summed E-state index contributed by atoms with van der Waals surface area (Å²) in [6, 6.07) is 6.16. The van der Waals surface area contributed by atoms with E-state index in [0.29, 0.717) is 17.9 Å². The average Bonchev–Trinajstić information content (AvgIpc) is 3.20. The minimum absolute atomic E-state index is 0.526. The first-order chi connectivity index (χ1) is 12.3. The Morgan fingerprint density at radius 1 is 1.20 bits per heavy atom. The summed E-state index contributed by atoms with van der Waals surface area (Å²) in [6.45, 7) is 4.58. The molecule has 3 aromatic heterocycles. The summed E-state index contributed by atoms with van der Waals surface area (Å²) in [5, 5.41) is 21.2. The van der Waals surface area contributed by atoms with E-state index >= 15 is 0 Å². The summed E-state index contributed by atoms with van der Waals surface area (Å²) in [7, 11) is 0. The lowest BCUT2D eigenvalue weighted by Crippen LogP contribution is -2.10. The molecule has 0 aliphatic heterocycles. The van der Waals surface area contributed by atoms with E-state index in [4.69, 9.17) is 0 Å². The highest BCUT2D eigenvalue weighted by Crippen LogP contribution is 2.20.